The maximum absolute atomic E-state index is 14.1. The van der Waals surface area contributed by atoms with Crippen molar-refractivity contribution in [3.8, 4) is 0 Å². The van der Waals surface area contributed by atoms with E-state index in [1.165, 1.54) is 31.3 Å². The Labute approximate surface area is 156 Å². The Kier molecular flexibility index (Phi) is 5.92. The molecule has 2 heterocycles. The number of hydrogen-bond donors (Lipinski definition) is 0. The molecule has 27 heavy (non-hydrogen) atoms. The number of nitrogens with zero attached hydrogens (tertiary/aromatic N) is 2. The molecule has 1 saturated heterocycles. The fourth-order valence-corrected chi connectivity index (χ4v) is 3.12. The molecule has 1 aromatic rings. The predicted molar refractivity (Wildman–Crippen MR) is 93.8 cm³/mol. The van der Waals surface area contributed by atoms with Crippen molar-refractivity contribution in [2.24, 2.45) is 0 Å². The molecule has 0 aliphatic carbocycles. The Morgan fingerprint density at radius 2 is 1.74 bits per heavy atom. The smallest absolute Gasteiger partial charge is 0.355 e. The van der Waals surface area contributed by atoms with Crippen LogP contribution in [0.15, 0.2) is 29.5 Å². The van der Waals surface area contributed by atoms with Crippen molar-refractivity contribution >= 4 is 23.3 Å². The summed E-state index contributed by atoms with van der Waals surface area (Å²) < 4.78 is 34.5. The Hall–Kier alpha value is -2.65. The number of carbonyl (C=O) groups is 2. The van der Waals surface area contributed by atoms with Crippen LogP contribution in [0.25, 0.3) is 0 Å². The molecular weight excluding hydrogens is 359 g/mol. The van der Waals surface area contributed by atoms with Crippen molar-refractivity contribution in [1.29, 1.82) is 0 Å². The second-order valence-corrected chi connectivity index (χ2v) is 5.95. The van der Waals surface area contributed by atoms with Gasteiger partial charge in [0.15, 0.2) is 0 Å². The first-order valence-electron chi connectivity index (χ1n) is 8.44. The van der Waals surface area contributed by atoms with E-state index in [0.29, 0.717) is 37.7 Å². The highest BCUT2D eigenvalue weighted by Crippen LogP contribution is 2.35. The van der Waals surface area contributed by atoms with Gasteiger partial charge >= 0.3 is 11.9 Å². The van der Waals surface area contributed by atoms with E-state index in [4.69, 9.17) is 18.9 Å². The van der Waals surface area contributed by atoms with Crippen LogP contribution in [0.1, 0.15) is 0 Å². The molecule has 2 aliphatic heterocycles. The van der Waals surface area contributed by atoms with Gasteiger partial charge in [-0.2, -0.15) is 0 Å². The monoisotopic (exact) mass is 380 g/mol. The van der Waals surface area contributed by atoms with Crippen molar-refractivity contribution in [3.05, 3.63) is 35.3 Å². The Bertz CT molecular complexity index is 760. The summed E-state index contributed by atoms with van der Waals surface area (Å²) in [5, 5.41) is 0. The molecular formula is C18H21FN2O6. The molecule has 2 aliphatic rings. The summed E-state index contributed by atoms with van der Waals surface area (Å²) in [6, 6.07) is 4.29. The van der Waals surface area contributed by atoms with E-state index in [-0.39, 0.29) is 24.6 Å². The van der Waals surface area contributed by atoms with Crippen LogP contribution in [0.3, 0.4) is 0 Å². The third kappa shape index (κ3) is 3.88. The fraction of sp³-hybridized carbons (Fsp3) is 0.444. The van der Waals surface area contributed by atoms with Crippen LogP contribution in [0.2, 0.25) is 0 Å². The number of methoxy groups -OCH3 is 2. The maximum atomic E-state index is 14.1. The van der Waals surface area contributed by atoms with Gasteiger partial charge in [0.2, 0.25) is 0 Å². The number of benzene rings is 1. The number of esters is 2. The normalized spacial score (nSPS) is 17.7. The average Bonchev–Trinajstić information content (AvgIpc) is 2.72. The third-order valence-electron chi connectivity index (χ3n) is 4.41. The van der Waals surface area contributed by atoms with E-state index in [2.05, 4.69) is 0 Å². The minimum Gasteiger partial charge on any atom is -0.466 e. The standard InChI is InChI=1S/C18H21FN2O6/c1-24-17(22)13-10-27-11-21(16(13)18(23)25-2)15-9-12(19)3-4-14(15)20-5-7-26-8-6-20/h3-4,9H,5-8,10-11H2,1-2H3. The zero-order valence-corrected chi connectivity index (χ0v) is 15.2. The van der Waals surface area contributed by atoms with Gasteiger partial charge < -0.3 is 28.7 Å². The predicted octanol–water partition coefficient (Wildman–Crippen LogP) is 1.06. The number of anilines is 2. The van der Waals surface area contributed by atoms with Gasteiger partial charge in [-0.1, -0.05) is 0 Å². The van der Waals surface area contributed by atoms with Crippen molar-refractivity contribution in [2.45, 2.75) is 0 Å². The lowest BCUT2D eigenvalue weighted by Crippen LogP contribution is -2.41. The fourth-order valence-electron chi connectivity index (χ4n) is 3.12. The molecule has 8 nitrogen and oxygen atoms in total. The first kappa shape index (κ1) is 19.1. The number of halogens is 1. The van der Waals surface area contributed by atoms with E-state index < -0.39 is 17.8 Å². The quantitative estimate of drug-likeness (QED) is 0.718. The SMILES string of the molecule is COC(=O)C1=C(C(=O)OC)N(c2cc(F)ccc2N2CCOCC2)COC1. The largest absolute Gasteiger partial charge is 0.466 e. The molecule has 0 saturated carbocycles. The number of carbonyl (C=O) groups excluding carboxylic acids is 2. The molecule has 0 unspecified atom stereocenters. The van der Waals surface area contributed by atoms with Crippen LogP contribution < -0.4 is 9.80 Å². The van der Waals surface area contributed by atoms with Crippen LogP contribution >= 0.6 is 0 Å². The Morgan fingerprint density at radius 1 is 1.04 bits per heavy atom. The van der Waals surface area contributed by atoms with Crippen molar-refractivity contribution < 1.29 is 32.9 Å². The molecule has 0 radical (unpaired) electrons. The average molecular weight is 380 g/mol. The zero-order chi connectivity index (χ0) is 19.4. The molecule has 0 spiro atoms. The number of ether oxygens (including phenoxy) is 4. The lowest BCUT2D eigenvalue weighted by Gasteiger charge is -2.36. The van der Waals surface area contributed by atoms with Gasteiger partial charge in [0.05, 0.1) is 51.0 Å². The van der Waals surface area contributed by atoms with Crippen LogP contribution in [0.4, 0.5) is 15.8 Å². The minimum absolute atomic E-state index is 0.0179. The summed E-state index contributed by atoms with van der Waals surface area (Å²) in [6.45, 7) is 2.19. The molecule has 1 aromatic carbocycles. The topological polar surface area (TPSA) is 77.5 Å². The van der Waals surface area contributed by atoms with Crippen molar-refractivity contribution in [1.82, 2.24) is 0 Å². The van der Waals surface area contributed by atoms with Gasteiger partial charge in [-0.05, 0) is 18.2 Å². The molecule has 146 valence electrons. The van der Waals surface area contributed by atoms with Crippen LogP contribution in [-0.4, -0.2) is 65.8 Å². The van der Waals surface area contributed by atoms with Gasteiger partial charge in [0.25, 0.3) is 0 Å². The molecule has 0 aromatic heterocycles. The molecule has 0 N–H and O–H groups in total. The summed E-state index contributed by atoms with van der Waals surface area (Å²) in [5.41, 5.74) is 1.11. The van der Waals surface area contributed by atoms with E-state index in [1.54, 1.807) is 6.07 Å². The lowest BCUT2D eigenvalue weighted by molar-refractivity contribution is -0.140. The molecule has 0 atom stereocenters. The lowest BCUT2D eigenvalue weighted by atomic mass is 10.1. The first-order chi connectivity index (χ1) is 13.1. The summed E-state index contributed by atoms with van der Waals surface area (Å²) in [6.07, 6.45) is 0. The van der Waals surface area contributed by atoms with E-state index in [0.717, 1.165) is 0 Å². The van der Waals surface area contributed by atoms with Crippen LogP contribution in [0.5, 0.6) is 0 Å². The van der Waals surface area contributed by atoms with E-state index in [1.807, 2.05) is 4.90 Å². The van der Waals surface area contributed by atoms with Gasteiger partial charge in [0, 0.05) is 13.1 Å². The first-order valence-corrected chi connectivity index (χ1v) is 8.44. The third-order valence-corrected chi connectivity index (χ3v) is 4.41. The second-order valence-electron chi connectivity index (χ2n) is 5.95. The minimum atomic E-state index is -0.726. The number of morpholine rings is 1. The number of rotatable bonds is 4. The van der Waals surface area contributed by atoms with Crippen LogP contribution in [-0.2, 0) is 28.5 Å². The van der Waals surface area contributed by atoms with Crippen molar-refractivity contribution in [2.75, 3.05) is 63.7 Å². The maximum Gasteiger partial charge on any atom is 0.355 e. The molecule has 0 amide bonds. The molecule has 9 heteroatoms. The zero-order valence-electron chi connectivity index (χ0n) is 15.2. The van der Waals surface area contributed by atoms with E-state index >= 15 is 0 Å². The van der Waals surface area contributed by atoms with Gasteiger partial charge in [-0.15, -0.1) is 0 Å². The summed E-state index contributed by atoms with van der Waals surface area (Å²) in [7, 11) is 2.43. The molecule has 1 fully saturated rings. The molecule has 3 rings (SSSR count). The highest BCUT2D eigenvalue weighted by molar-refractivity contribution is 6.04. The highest BCUT2D eigenvalue weighted by Gasteiger charge is 2.34. The number of hydrogen-bond acceptors (Lipinski definition) is 8. The summed E-state index contributed by atoms with van der Waals surface area (Å²) in [4.78, 5) is 28.0. The second kappa shape index (κ2) is 8.36. The highest BCUT2D eigenvalue weighted by atomic mass is 19.1. The van der Waals surface area contributed by atoms with Gasteiger partial charge in [-0.25, -0.2) is 14.0 Å². The Balaban J connectivity index is 2.11. The molecule has 0 bridgehead atoms. The van der Waals surface area contributed by atoms with E-state index in [9.17, 15) is 14.0 Å². The van der Waals surface area contributed by atoms with Crippen LogP contribution in [0, 0.1) is 5.82 Å². The van der Waals surface area contributed by atoms with Gasteiger partial charge in [-0.3, -0.25) is 0 Å². The van der Waals surface area contributed by atoms with Gasteiger partial charge in [0.1, 0.15) is 18.2 Å². The summed E-state index contributed by atoms with van der Waals surface area (Å²) in [5.74, 6) is -1.91. The summed E-state index contributed by atoms with van der Waals surface area (Å²) >= 11 is 0. The Morgan fingerprint density at radius 3 is 2.41 bits per heavy atom. The van der Waals surface area contributed by atoms with Crippen molar-refractivity contribution in [3.63, 3.8) is 0 Å².